The van der Waals surface area contributed by atoms with Crippen molar-refractivity contribution in [2.45, 2.75) is 33.2 Å². The van der Waals surface area contributed by atoms with Crippen molar-refractivity contribution in [3.8, 4) is 17.3 Å². The van der Waals surface area contributed by atoms with Crippen molar-refractivity contribution in [3.05, 3.63) is 53.1 Å². The zero-order valence-corrected chi connectivity index (χ0v) is 18.2. The third-order valence-electron chi connectivity index (χ3n) is 5.28. The first-order valence-corrected chi connectivity index (χ1v) is 10.1. The van der Waals surface area contributed by atoms with Crippen molar-refractivity contribution in [3.63, 3.8) is 0 Å². The Labute approximate surface area is 181 Å². The van der Waals surface area contributed by atoms with Gasteiger partial charge in [-0.05, 0) is 43.5 Å². The number of hydrogen-bond donors (Lipinski definition) is 1. The molecule has 1 aromatic carbocycles. The maximum atomic E-state index is 12.4. The second-order valence-corrected chi connectivity index (χ2v) is 7.65. The summed E-state index contributed by atoms with van der Waals surface area (Å²) in [5.74, 6) is 2.95. The average molecular weight is 422 g/mol. The van der Waals surface area contributed by atoms with E-state index in [0.29, 0.717) is 31.0 Å². The summed E-state index contributed by atoms with van der Waals surface area (Å²) in [6.07, 6.45) is 2.52. The molecule has 0 saturated heterocycles. The van der Waals surface area contributed by atoms with E-state index in [4.69, 9.17) is 9.47 Å². The van der Waals surface area contributed by atoms with E-state index in [1.165, 1.54) is 6.33 Å². The van der Waals surface area contributed by atoms with Crippen molar-refractivity contribution in [1.82, 2.24) is 25.1 Å². The van der Waals surface area contributed by atoms with Gasteiger partial charge in [0.2, 0.25) is 12.7 Å². The predicted molar refractivity (Wildman–Crippen MR) is 116 cm³/mol. The van der Waals surface area contributed by atoms with Gasteiger partial charge < -0.3 is 19.7 Å². The van der Waals surface area contributed by atoms with Crippen molar-refractivity contribution in [1.29, 1.82) is 0 Å². The number of hydrogen-bond acceptors (Lipinski definition) is 7. The smallest absolute Gasteiger partial charge is 0.231 e. The number of amides is 1. The van der Waals surface area contributed by atoms with Crippen molar-refractivity contribution < 1.29 is 14.3 Å². The molecule has 0 saturated carbocycles. The van der Waals surface area contributed by atoms with Crippen LogP contribution in [0.5, 0.6) is 11.5 Å². The number of carbonyl (C=O) groups excluding carboxylic acids is 1. The molecule has 0 aliphatic carbocycles. The summed E-state index contributed by atoms with van der Waals surface area (Å²) in [6, 6.07) is 7.57. The van der Waals surface area contributed by atoms with Crippen molar-refractivity contribution >= 4 is 11.7 Å². The lowest BCUT2D eigenvalue weighted by atomic mass is 10.1. The molecule has 0 unspecified atom stereocenters. The predicted octanol–water partition coefficient (Wildman–Crippen LogP) is 2.32. The second kappa shape index (κ2) is 8.63. The van der Waals surface area contributed by atoms with Gasteiger partial charge in [-0.2, -0.15) is 5.10 Å². The number of benzene rings is 1. The molecule has 1 amide bonds. The molecule has 3 aromatic rings. The monoisotopic (exact) mass is 422 g/mol. The molecule has 162 valence electrons. The van der Waals surface area contributed by atoms with E-state index in [0.717, 1.165) is 34.1 Å². The Morgan fingerprint density at radius 1 is 1.16 bits per heavy atom. The second-order valence-electron chi connectivity index (χ2n) is 7.65. The van der Waals surface area contributed by atoms with E-state index < -0.39 is 0 Å². The van der Waals surface area contributed by atoms with Crippen LogP contribution in [0.3, 0.4) is 0 Å². The van der Waals surface area contributed by atoms with E-state index in [1.807, 2.05) is 61.8 Å². The number of aromatic nitrogens is 4. The molecule has 9 heteroatoms. The minimum absolute atomic E-state index is 0.0128. The lowest BCUT2D eigenvalue weighted by Crippen LogP contribution is -2.23. The number of carbonyl (C=O) groups is 1. The van der Waals surface area contributed by atoms with E-state index in [9.17, 15) is 4.79 Å². The van der Waals surface area contributed by atoms with Gasteiger partial charge in [-0.25, -0.2) is 14.6 Å². The highest BCUT2D eigenvalue weighted by molar-refractivity contribution is 5.76. The van der Waals surface area contributed by atoms with Crippen LogP contribution in [0.1, 0.15) is 28.9 Å². The molecule has 0 bridgehead atoms. The van der Waals surface area contributed by atoms with Gasteiger partial charge in [0, 0.05) is 38.8 Å². The van der Waals surface area contributed by atoms with E-state index >= 15 is 0 Å². The van der Waals surface area contributed by atoms with Crippen molar-refractivity contribution in [2.75, 3.05) is 25.8 Å². The van der Waals surface area contributed by atoms with Crippen LogP contribution in [0.4, 0.5) is 5.82 Å². The minimum Gasteiger partial charge on any atom is -0.454 e. The molecule has 1 aliphatic heterocycles. The Kier molecular flexibility index (Phi) is 5.75. The molecule has 0 radical (unpaired) electrons. The third-order valence-corrected chi connectivity index (χ3v) is 5.28. The molecule has 31 heavy (non-hydrogen) atoms. The quantitative estimate of drug-likeness (QED) is 0.624. The Morgan fingerprint density at radius 3 is 2.77 bits per heavy atom. The highest BCUT2D eigenvalue weighted by Gasteiger charge is 2.16. The number of nitrogens with zero attached hydrogens (tertiary/aromatic N) is 5. The van der Waals surface area contributed by atoms with Crippen LogP contribution < -0.4 is 19.7 Å². The SMILES string of the molecule is Cc1nn(-c2cc(N(C)C)ncn2)c(C)c1CCC(=O)NCc1ccc2c(c1)OCO2. The van der Waals surface area contributed by atoms with Crippen LogP contribution in [0.25, 0.3) is 5.82 Å². The number of aryl methyl sites for hydroxylation is 1. The van der Waals surface area contributed by atoms with Gasteiger partial charge in [0.15, 0.2) is 17.3 Å². The Bertz CT molecular complexity index is 1110. The van der Waals surface area contributed by atoms with Gasteiger partial charge >= 0.3 is 0 Å². The number of nitrogens with one attached hydrogen (secondary N) is 1. The fraction of sp³-hybridized carbons (Fsp3) is 0.364. The van der Waals surface area contributed by atoms with Crippen LogP contribution in [-0.2, 0) is 17.8 Å². The van der Waals surface area contributed by atoms with Gasteiger partial charge in [0.25, 0.3) is 0 Å². The first-order valence-electron chi connectivity index (χ1n) is 10.1. The lowest BCUT2D eigenvalue weighted by molar-refractivity contribution is -0.121. The maximum Gasteiger partial charge on any atom is 0.231 e. The highest BCUT2D eigenvalue weighted by Crippen LogP contribution is 2.32. The van der Waals surface area contributed by atoms with Crippen LogP contribution >= 0.6 is 0 Å². The van der Waals surface area contributed by atoms with Gasteiger partial charge in [-0.15, -0.1) is 0 Å². The topological polar surface area (TPSA) is 94.4 Å². The molecule has 9 nitrogen and oxygen atoms in total. The standard InChI is InChI=1S/C22H26N6O3/c1-14-17(15(2)28(26-14)21-10-20(27(3)4)24-12-25-21)6-8-22(29)23-11-16-5-7-18-19(9-16)31-13-30-18/h5,7,9-10,12H,6,8,11,13H2,1-4H3,(H,23,29). The number of fused-ring (bicyclic) bond motifs is 1. The van der Waals surface area contributed by atoms with Gasteiger partial charge in [-0.1, -0.05) is 6.07 Å². The summed E-state index contributed by atoms with van der Waals surface area (Å²) in [5, 5.41) is 7.61. The highest BCUT2D eigenvalue weighted by atomic mass is 16.7. The molecular weight excluding hydrogens is 396 g/mol. The van der Waals surface area contributed by atoms with Crippen LogP contribution in [0.15, 0.2) is 30.6 Å². The zero-order chi connectivity index (χ0) is 22.0. The van der Waals surface area contributed by atoms with E-state index in [2.05, 4.69) is 20.4 Å². The normalized spacial score (nSPS) is 12.1. The average Bonchev–Trinajstić information content (AvgIpc) is 3.34. The molecule has 0 atom stereocenters. The summed E-state index contributed by atoms with van der Waals surface area (Å²) in [5.41, 5.74) is 3.90. The van der Waals surface area contributed by atoms with E-state index in [-0.39, 0.29) is 12.7 Å². The first kappa shape index (κ1) is 20.6. The third kappa shape index (κ3) is 4.45. The number of rotatable bonds is 7. The summed E-state index contributed by atoms with van der Waals surface area (Å²) >= 11 is 0. The molecule has 1 aliphatic rings. The number of anilines is 1. The van der Waals surface area contributed by atoms with Crippen LogP contribution in [0.2, 0.25) is 0 Å². The van der Waals surface area contributed by atoms with E-state index in [1.54, 1.807) is 0 Å². The summed E-state index contributed by atoms with van der Waals surface area (Å²) in [7, 11) is 3.86. The number of ether oxygens (including phenoxy) is 2. The first-order chi connectivity index (χ1) is 14.9. The summed E-state index contributed by atoms with van der Waals surface area (Å²) < 4.78 is 12.5. The molecule has 3 heterocycles. The van der Waals surface area contributed by atoms with Crippen LogP contribution in [0, 0.1) is 13.8 Å². The summed E-state index contributed by atoms with van der Waals surface area (Å²) in [6.45, 7) is 4.64. The lowest BCUT2D eigenvalue weighted by Gasteiger charge is -2.12. The Hall–Kier alpha value is -3.62. The van der Waals surface area contributed by atoms with Crippen molar-refractivity contribution in [2.24, 2.45) is 0 Å². The van der Waals surface area contributed by atoms with Gasteiger partial charge in [0.05, 0.1) is 5.69 Å². The molecule has 0 fully saturated rings. The molecule has 4 rings (SSSR count). The molecular formula is C22H26N6O3. The fourth-order valence-electron chi connectivity index (χ4n) is 3.54. The Balaban J connectivity index is 1.38. The van der Waals surface area contributed by atoms with Gasteiger partial charge in [-0.3, -0.25) is 4.79 Å². The minimum atomic E-state index is -0.0128. The molecule has 2 aromatic heterocycles. The summed E-state index contributed by atoms with van der Waals surface area (Å²) in [4.78, 5) is 22.9. The Morgan fingerprint density at radius 2 is 1.97 bits per heavy atom. The zero-order valence-electron chi connectivity index (χ0n) is 18.2. The maximum absolute atomic E-state index is 12.4. The van der Waals surface area contributed by atoms with Gasteiger partial charge in [0.1, 0.15) is 12.1 Å². The molecule has 0 spiro atoms. The molecule has 1 N–H and O–H groups in total. The largest absolute Gasteiger partial charge is 0.454 e. The fourth-order valence-corrected chi connectivity index (χ4v) is 3.54. The van der Waals surface area contributed by atoms with Crippen LogP contribution in [-0.4, -0.2) is 46.5 Å².